The van der Waals surface area contributed by atoms with Gasteiger partial charge in [0.2, 0.25) is 5.91 Å². The number of rotatable bonds is 6. The van der Waals surface area contributed by atoms with Crippen molar-refractivity contribution in [3.05, 3.63) is 33.0 Å². The minimum absolute atomic E-state index is 0.0158. The van der Waals surface area contributed by atoms with E-state index in [1.165, 1.54) is 23.1 Å². The van der Waals surface area contributed by atoms with Crippen molar-refractivity contribution < 1.29 is 4.79 Å². The number of carbonyl (C=O) groups is 1. The second-order valence-corrected chi connectivity index (χ2v) is 6.57. The maximum Gasteiger partial charge on any atom is 0.223 e. The molecule has 2 heterocycles. The van der Waals surface area contributed by atoms with Gasteiger partial charge in [-0.3, -0.25) is 10.2 Å². The Kier molecular flexibility index (Phi) is 5.29. The molecule has 0 unspecified atom stereocenters. The van der Waals surface area contributed by atoms with Crippen LogP contribution in [0.3, 0.4) is 0 Å². The zero-order chi connectivity index (χ0) is 15.2. The van der Waals surface area contributed by atoms with Gasteiger partial charge in [-0.1, -0.05) is 0 Å². The molecule has 5 N–H and O–H groups in total. The van der Waals surface area contributed by atoms with Gasteiger partial charge in [0.15, 0.2) is 11.1 Å². The van der Waals surface area contributed by atoms with Gasteiger partial charge in [0.1, 0.15) is 0 Å². The third kappa shape index (κ3) is 5.16. The lowest BCUT2D eigenvalue weighted by Gasteiger charge is -1.99. The monoisotopic (exact) mass is 323 g/mol. The van der Waals surface area contributed by atoms with Crippen LogP contribution in [0.2, 0.25) is 0 Å². The molecule has 21 heavy (non-hydrogen) atoms. The average Bonchev–Trinajstić information content (AvgIpc) is 3.02. The zero-order valence-corrected chi connectivity index (χ0v) is 13.2. The molecule has 2 rings (SSSR count). The van der Waals surface area contributed by atoms with E-state index in [0.29, 0.717) is 11.7 Å². The SMILES string of the molecule is CC(=O)Nc1nc(CCc2ccc(CNC(=N)N)s2)cs1. The van der Waals surface area contributed by atoms with Gasteiger partial charge in [-0.25, -0.2) is 4.98 Å². The lowest BCUT2D eigenvalue weighted by atomic mass is 10.2. The van der Waals surface area contributed by atoms with Crippen LogP contribution in [-0.4, -0.2) is 16.9 Å². The van der Waals surface area contributed by atoms with Crippen molar-refractivity contribution in [2.75, 3.05) is 5.32 Å². The third-order valence-corrected chi connectivity index (χ3v) is 4.58. The molecule has 0 bridgehead atoms. The number of hydrogen-bond acceptors (Lipinski definition) is 5. The maximum atomic E-state index is 10.9. The highest BCUT2D eigenvalue weighted by Crippen LogP contribution is 2.20. The van der Waals surface area contributed by atoms with E-state index in [-0.39, 0.29) is 11.9 Å². The minimum Gasteiger partial charge on any atom is -0.370 e. The molecule has 0 fully saturated rings. The highest BCUT2D eigenvalue weighted by molar-refractivity contribution is 7.14. The summed E-state index contributed by atoms with van der Waals surface area (Å²) in [7, 11) is 0. The van der Waals surface area contributed by atoms with Gasteiger partial charge >= 0.3 is 0 Å². The number of aromatic nitrogens is 1. The number of nitrogens with zero attached hydrogens (tertiary/aromatic N) is 1. The lowest BCUT2D eigenvalue weighted by molar-refractivity contribution is -0.114. The van der Waals surface area contributed by atoms with Crippen molar-refractivity contribution in [2.24, 2.45) is 5.73 Å². The van der Waals surface area contributed by atoms with Gasteiger partial charge in [-0.05, 0) is 25.0 Å². The number of hydrogen-bond donors (Lipinski definition) is 4. The highest BCUT2D eigenvalue weighted by Gasteiger charge is 2.05. The van der Waals surface area contributed by atoms with E-state index in [0.717, 1.165) is 23.4 Å². The van der Waals surface area contributed by atoms with E-state index in [1.54, 1.807) is 11.3 Å². The molecule has 2 aromatic rings. The number of nitrogens with one attached hydrogen (secondary N) is 3. The molecular formula is C13H17N5OS2. The summed E-state index contributed by atoms with van der Waals surface area (Å²) < 4.78 is 0. The number of carbonyl (C=O) groups excluding carboxylic acids is 1. The number of guanidine groups is 1. The number of aryl methyl sites for hydroxylation is 2. The van der Waals surface area contributed by atoms with Gasteiger partial charge in [0.25, 0.3) is 0 Å². The summed E-state index contributed by atoms with van der Waals surface area (Å²) in [6, 6.07) is 4.13. The lowest BCUT2D eigenvalue weighted by Crippen LogP contribution is -2.29. The Morgan fingerprint density at radius 2 is 2.14 bits per heavy atom. The molecule has 0 saturated heterocycles. The minimum atomic E-state index is -0.100. The van der Waals surface area contributed by atoms with Crippen LogP contribution in [0.15, 0.2) is 17.5 Å². The highest BCUT2D eigenvalue weighted by atomic mass is 32.1. The molecule has 0 saturated carbocycles. The van der Waals surface area contributed by atoms with Gasteiger partial charge in [0.05, 0.1) is 12.2 Å². The zero-order valence-electron chi connectivity index (χ0n) is 11.6. The van der Waals surface area contributed by atoms with Crippen molar-refractivity contribution in [1.82, 2.24) is 10.3 Å². The number of amides is 1. The van der Waals surface area contributed by atoms with E-state index in [9.17, 15) is 4.79 Å². The quantitative estimate of drug-likeness (QED) is 0.481. The first-order chi connectivity index (χ1) is 10.0. The van der Waals surface area contributed by atoms with Gasteiger partial charge < -0.3 is 16.4 Å². The molecule has 0 atom stereocenters. The Bertz CT molecular complexity index is 634. The van der Waals surface area contributed by atoms with E-state index >= 15 is 0 Å². The molecule has 0 spiro atoms. The van der Waals surface area contributed by atoms with Crippen molar-refractivity contribution in [2.45, 2.75) is 26.3 Å². The Morgan fingerprint density at radius 3 is 2.86 bits per heavy atom. The second kappa shape index (κ2) is 7.19. The van der Waals surface area contributed by atoms with E-state index in [1.807, 2.05) is 11.4 Å². The molecule has 6 nitrogen and oxygen atoms in total. The van der Waals surface area contributed by atoms with Crippen molar-refractivity contribution in [1.29, 1.82) is 5.41 Å². The summed E-state index contributed by atoms with van der Waals surface area (Å²) >= 11 is 3.15. The number of anilines is 1. The summed E-state index contributed by atoms with van der Waals surface area (Å²) in [5.41, 5.74) is 6.24. The summed E-state index contributed by atoms with van der Waals surface area (Å²) in [6.45, 7) is 2.06. The summed E-state index contributed by atoms with van der Waals surface area (Å²) in [6.07, 6.45) is 1.75. The van der Waals surface area contributed by atoms with Gasteiger partial charge in [-0.2, -0.15) is 0 Å². The Hall–Kier alpha value is -1.93. The fourth-order valence-corrected chi connectivity index (χ4v) is 3.46. The molecule has 8 heteroatoms. The first-order valence-corrected chi connectivity index (χ1v) is 8.10. The van der Waals surface area contributed by atoms with Crippen LogP contribution in [-0.2, 0) is 24.2 Å². The molecule has 0 aliphatic heterocycles. The maximum absolute atomic E-state index is 10.9. The third-order valence-electron chi connectivity index (χ3n) is 2.63. The van der Waals surface area contributed by atoms with Crippen LogP contribution in [0.1, 0.15) is 22.4 Å². The normalized spacial score (nSPS) is 10.3. The summed E-state index contributed by atoms with van der Waals surface area (Å²) in [4.78, 5) is 17.7. The smallest absolute Gasteiger partial charge is 0.223 e. The van der Waals surface area contributed by atoms with Crippen LogP contribution >= 0.6 is 22.7 Å². The van der Waals surface area contributed by atoms with Crippen molar-refractivity contribution in [3.63, 3.8) is 0 Å². The Labute approximate surface area is 130 Å². The molecule has 0 aliphatic rings. The number of nitrogens with two attached hydrogens (primary N) is 1. The molecule has 0 aliphatic carbocycles. The second-order valence-electron chi connectivity index (χ2n) is 4.46. The fraction of sp³-hybridized carbons (Fsp3) is 0.308. The molecular weight excluding hydrogens is 306 g/mol. The van der Waals surface area contributed by atoms with E-state index < -0.39 is 0 Å². The van der Waals surface area contributed by atoms with Crippen LogP contribution in [0, 0.1) is 5.41 Å². The van der Waals surface area contributed by atoms with E-state index in [4.69, 9.17) is 11.1 Å². The Balaban J connectivity index is 1.84. The van der Waals surface area contributed by atoms with Crippen LogP contribution in [0.5, 0.6) is 0 Å². The molecule has 0 aromatic carbocycles. The predicted octanol–water partition coefficient (Wildman–Crippen LogP) is 1.93. The largest absolute Gasteiger partial charge is 0.370 e. The summed E-state index contributed by atoms with van der Waals surface area (Å²) in [5, 5.41) is 15.2. The van der Waals surface area contributed by atoms with Gasteiger partial charge in [-0.15, -0.1) is 22.7 Å². The standard InChI is InChI=1S/C13H17N5OS2/c1-8(19)17-13-18-9(7-20-13)2-3-10-4-5-11(21-10)6-16-12(14)15/h4-5,7H,2-3,6H2,1H3,(H4,14,15,16)(H,17,18,19). The number of thiophene rings is 1. The molecule has 2 aromatic heterocycles. The first kappa shape index (κ1) is 15.5. The average molecular weight is 323 g/mol. The van der Waals surface area contributed by atoms with Crippen molar-refractivity contribution in [3.8, 4) is 0 Å². The van der Waals surface area contributed by atoms with E-state index in [2.05, 4.69) is 21.7 Å². The van der Waals surface area contributed by atoms with Crippen molar-refractivity contribution >= 4 is 39.7 Å². The fourth-order valence-electron chi connectivity index (χ4n) is 1.72. The molecule has 0 radical (unpaired) electrons. The first-order valence-electron chi connectivity index (χ1n) is 6.40. The summed E-state index contributed by atoms with van der Waals surface area (Å²) in [5.74, 6) is -0.116. The van der Waals surface area contributed by atoms with Crippen LogP contribution < -0.4 is 16.4 Å². The van der Waals surface area contributed by atoms with Crippen LogP contribution in [0.25, 0.3) is 0 Å². The predicted molar refractivity (Wildman–Crippen MR) is 86.9 cm³/mol. The topological polar surface area (TPSA) is 104 Å². The molecule has 1 amide bonds. The Morgan fingerprint density at radius 1 is 1.38 bits per heavy atom. The number of thiazole rings is 1. The molecule has 112 valence electrons. The van der Waals surface area contributed by atoms with Gasteiger partial charge in [0, 0.05) is 22.1 Å². The van der Waals surface area contributed by atoms with Crippen LogP contribution in [0.4, 0.5) is 5.13 Å².